The molecule has 0 fully saturated rings. The Morgan fingerprint density at radius 1 is 1.09 bits per heavy atom. The molecule has 2 aromatic carbocycles. The van der Waals surface area contributed by atoms with Crippen molar-refractivity contribution in [3.8, 4) is 11.5 Å². The van der Waals surface area contributed by atoms with Gasteiger partial charge in [-0.15, -0.1) is 0 Å². The molecule has 0 spiro atoms. The van der Waals surface area contributed by atoms with Gasteiger partial charge in [-0.1, -0.05) is 46.3 Å². The van der Waals surface area contributed by atoms with E-state index < -0.39 is 5.97 Å². The molecule has 0 atom stereocenters. The summed E-state index contributed by atoms with van der Waals surface area (Å²) in [5, 5.41) is 0. The van der Waals surface area contributed by atoms with Gasteiger partial charge in [-0.3, -0.25) is 4.79 Å². The Labute approximate surface area is 136 Å². The summed E-state index contributed by atoms with van der Waals surface area (Å²) < 4.78 is 10.7. The molecule has 0 aliphatic carbocycles. The molecule has 0 saturated carbocycles. The van der Waals surface area contributed by atoms with Crippen LogP contribution in [0.3, 0.4) is 0 Å². The lowest BCUT2D eigenvalue weighted by atomic mass is 10.2. The topological polar surface area (TPSA) is 39.9 Å². The predicted molar refractivity (Wildman–Crippen MR) is 87.4 cm³/mol. The second kappa shape index (κ2) is 7.43. The van der Waals surface area contributed by atoms with Crippen LogP contribution in [0.1, 0.15) is 5.56 Å². The van der Waals surface area contributed by atoms with E-state index in [-0.39, 0.29) is 5.70 Å². The third kappa shape index (κ3) is 3.74. The lowest BCUT2D eigenvalue weighted by Gasteiger charge is -2.08. The van der Waals surface area contributed by atoms with Crippen LogP contribution in [0, 0.1) is 6.57 Å². The minimum atomic E-state index is -0.684. The number of ether oxygens (including phenoxy) is 2. The summed E-state index contributed by atoms with van der Waals surface area (Å²) in [5.74, 6) is 0.629. The number of rotatable bonds is 4. The first kappa shape index (κ1) is 15.8. The van der Waals surface area contributed by atoms with Gasteiger partial charge in [0.2, 0.25) is 0 Å². The quantitative estimate of drug-likeness (QED) is 0.454. The van der Waals surface area contributed by atoms with Crippen molar-refractivity contribution in [1.82, 2.24) is 0 Å². The zero-order valence-corrected chi connectivity index (χ0v) is 13.3. The van der Waals surface area contributed by atoms with Gasteiger partial charge >= 0.3 is 5.97 Å². The molecule has 110 valence electrons. The van der Waals surface area contributed by atoms with Gasteiger partial charge in [0.15, 0.2) is 0 Å². The highest BCUT2D eigenvalue weighted by atomic mass is 79.9. The van der Waals surface area contributed by atoms with Crippen molar-refractivity contribution < 1.29 is 14.3 Å². The van der Waals surface area contributed by atoms with Gasteiger partial charge in [-0.05, 0) is 29.8 Å². The summed E-state index contributed by atoms with van der Waals surface area (Å²) in [6.45, 7) is 7.11. The zero-order chi connectivity index (χ0) is 15.9. The van der Waals surface area contributed by atoms with E-state index in [1.165, 1.54) is 7.11 Å². The molecule has 0 aliphatic heterocycles. The standard InChI is InChI=1S/C17H12BrNO3/c1-19-16(17(20)21-2)15(18)12-7-6-10-14(11-12)22-13-8-4-3-5-9-13/h3-11H,2H3/b16-15-. The van der Waals surface area contributed by atoms with Crippen molar-refractivity contribution in [2.24, 2.45) is 0 Å². The number of nitrogens with zero attached hydrogens (tertiary/aromatic N) is 1. The number of methoxy groups -OCH3 is 1. The number of carbonyl (C=O) groups excluding carboxylic acids is 1. The average Bonchev–Trinajstić information content (AvgIpc) is 2.56. The summed E-state index contributed by atoms with van der Waals surface area (Å²) in [7, 11) is 1.24. The van der Waals surface area contributed by atoms with Crippen LogP contribution in [-0.4, -0.2) is 13.1 Å². The molecule has 0 heterocycles. The Hall–Kier alpha value is -2.58. The molecule has 0 aliphatic rings. The summed E-state index contributed by atoms with van der Waals surface area (Å²) in [6, 6.07) is 16.4. The van der Waals surface area contributed by atoms with Crippen LogP contribution < -0.4 is 4.74 Å². The maximum atomic E-state index is 11.6. The molecule has 0 aromatic heterocycles. The van der Waals surface area contributed by atoms with E-state index in [2.05, 4.69) is 25.5 Å². The monoisotopic (exact) mass is 357 g/mol. The molecule has 2 aromatic rings. The summed E-state index contributed by atoms with van der Waals surface area (Å²) in [5.41, 5.74) is 0.546. The molecule has 0 bridgehead atoms. The summed E-state index contributed by atoms with van der Waals surface area (Å²) in [6.07, 6.45) is 0. The minimum absolute atomic E-state index is 0.112. The van der Waals surface area contributed by atoms with Crippen LogP contribution in [0.2, 0.25) is 0 Å². The van der Waals surface area contributed by atoms with Crippen LogP contribution in [0.25, 0.3) is 9.33 Å². The number of hydrogen-bond donors (Lipinski definition) is 0. The summed E-state index contributed by atoms with van der Waals surface area (Å²) >= 11 is 3.28. The Morgan fingerprint density at radius 3 is 2.41 bits per heavy atom. The zero-order valence-electron chi connectivity index (χ0n) is 11.7. The van der Waals surface area contributed by atoms with Crippen molar-refractivity contribution >= 4 is 26.4 Å². The molecule has 0 amide bonds. The van der Waals surface area contributed by atoms with E-state index >= 15 is 0 Å². The van der Waals surface area contributed by atoms with Gasteiger partial charge in [0.25, 0.3) is 5.70 Å². The maximum absolute atomic E-state index is 11.6. The number of hydrogen-bond acceptors (Lipinski definition) is 3. The second-order valence-electron chi connectivity index (χ2n) is 4.21. The molecular formula is C17H12BrNO3. The molecule has 4 nitrogen and oxygen atoms in total. The maximum Gasteiger partial charge on any atom is 0.337 e. The minimum Gasteiger partial charge on any atom is -0.474 e. The van der Waals surface area contributed by atoms with Gasteiger partial charge in [-0.2, -0.15) is 0 Å². The van der Waals surface area contributed by atoms with E-state index in [9.17, 15) is 4.79 Å². The van der Waals surface area contributed by atoms with E-state index in [1.54, 1.807) is 24.3 Å². The lowest BCUT2D eigenvalue weighted by Crippen LogP contribution is -2.02. The first-order chi connectivity index (χ1) is 10.7. The molecular weight excluding hydrogens is 346 g/mol. The van der Waals surface area contributed by atoms with Crippen molar-refractivity contribution in [1.29, 1.82) is 0 Å². The highest BCUT2D eigenvalue weighted by Gasteiger charge is 2.16. The fourth-order valence-corrected chi connectivity index (χ4v) is 2.24. The highest BCUT2D eigenvalue weighted by Crippen LogP contribution is 2.30. The van der Waals surface area contributed by atoms with Crippen molar-refractivity contribution in [3.63, 3.8) is 0 Å². The molecule has 22 heavy (non-hydrogen) atoms. The third-order valence-corrected chi connectivity index (χ3v) is 3.60. The Kier molecular flexibility index (Phi) is 5.34. The second-order valence-corrected chi connectivity index (χ2v) is 5.00. The number of para-hydroxylation sites is 1. The number of esters is 1. The Morgan fingerprint density at radius 2 is 1.77 bits per heavy atom. The van der Waals surface area contributed by atoms with E-state index in [1.807, 2.05) is 30.3 Å². The normalized spacial score (nSPS) is 11.1. The van der Waals surface area contributed by atoms with Gasteiger partial charge in [-0.25, -0.2) is 4.85 Å². The van der Waals surface area contributed by atoms with Crippen LogP contribution in [0.15, 0.2) is 60.3 Å². The molecule has 0 radical (unpaired) electrons. The first-order valence-electron chi connectivity index (χ1n) is 6.34. The van der Waals surface area contributed by atoms with Gasteiger partial charge in [0.1, 0.15) is 11.5 Å². The fraction of sp³-hybridized carbons (Fsp3) is 0.0588. The van der Waals surface area contributed by atoms with Gasteiger partial charge < -0.3 is 9.47 Å². The largest absolute Gasteiger partial charge is 0.474 e. The van der Waals surface area contributed by atoms with Gasteiger partial charge in [0, 0.05) is 4.48 Å². The molecule has 2 rings (SSSR count). The molecule has 5 heteroatoms. The van der Waals surface area contributed by atoms with Crippen LogP contribution >= 0.6 is 15.9 Å². The SMILES string of the molecule is [C-]#[N+]/C(C(=O)OC)=C(\Br)c1cccc(Oc2ccccc2)c1. The van der Waals surface area contributed by atoms with Crippen molar-refractivity contribution in [3.05, 3.63) is 77.3 Å². The number of carbonyl (C=O) groups is 1. The third-order valence-electron chi connectivity index (χ3n) is 2.76. The highest BCUT2D eigenvalue weighted by molar-refractivity contribution is 9.15. The van der Waals surface area contributed by atoms with E-state index in [4.69, 9.17) is 11.3 Å². The smallest absolute Gasteiger partial charge is 0.337 e. The van der Waals surface area contributed by atoms with Crippen LogP contribution in [0.5, 0.6) is 11.5 Å². The first-order valence-corrected chi connectivity index (χ1v) is 7.14. The van der Waals surface area contributed by atoms with Crippen LogP contribution in [0.4, 0.5) is 0 Å². The Bertz CT molecular complexity index is 748. The molecule has 0 unspecified atom stereocenters. The van der Waals surface area contributed by atoms with Gasteiger partial charge in [0.05, 0.1) is 13.7 Å². The average molecular weight is 358 g/mol. The molecule has 0 N–H and O–H groups in total. The van der Waals surface area contributed by atoms with Crippen molar-refractivity contribution in [2.75, 3.05) is 7.11 Å². The molecule has 0 saturated heterocycles. The van der Waals surface area contributed by atoms with E-state index in [0.29, 0.717) is 21.5 Å². The number of halogens is 1. The lowest BCUT2D eigenvalue weighted by molar-refractivity contribution is -0.135. The number of benzene rings is 2. The Balaban J connectivity index is 2.34. The summed E-state index contributed by atoms with van der Waals surface area (Å²) in [4.78, 5) is 14.8. The predicted octanol–water partition coefficient (Wildman–Crippen LogP) is 4.63. The van der Waals surface area contributed by atoms with E-state index in [0.717, 1.165) is 0 Å². The van der Waals surface area contributed by atoms with Crippen molar-refractivity contribution in [2.45, 2.75) is 0 Å². The van der Waals surface area contributed by atoms with Crippen LogP contribution in [-0.2, 0) is 9.53 Å². The fourth-order valence-electron chi connectivity index (χ4n) is 1.74.